The number of nitrogens with one attached hydrogen (secondary N) is 1. The van der Waals surface area contributed by atoms with Gasteiger partial charge in [0.05, 0.1) is 21.8 Å². The highest BCUT2D eigenvalue weighted by Gasteiger charge is 2.16. The zero-order valence-corrected chi connectivity index (χ0v) is 15.2. The number of halogens is 1. The molecule has 0 aliphatic rings. The molecular weight excluding hydrogens is 364 g/mol. The number of thiophene rings is 1. The van der Waals surface area contributed by atoms with Gasteiger partial charge in [-0.25, -0.2) is 0 Å². The molecule has 1 unspecified atom stereocenters. The molecule has 1 amide bonds. The predicted octanol–water partition coefficient (Wildman–Crippen LogP) is 3.55. The van der Waals surface area contributed by atoms with Gasteiger partial charge < -0.3 is 15.0 Å². The fourth-order valence-electron chi connectivity index (χ4n) is 2.14. The zero-order chi connectivity index (χ0) is 16.1. The Bertz CT molecular complexity index is 625. The first-order valence-electron chi connectivity index (χ1n) is 6.85. The van der Waals surface area contributed by atoms with Crippen molar-refractivity contribution in [2.45, 2.75) is 6.04 Å². The fraction of sp³-hybridized carbons (Fsp3) is 0.312. The highest BCUT2D eigenvalue weighted by atomic mass is 79.9. The van der Waals surface area contributed by atoms with Crippen LogP contribution in [-0.4, -0.2) is 38.6 Å². The SMILES string of the molecule is COc1ccc(C(CNC(=O)c2ccc(Br)s2)N(C)C)cc1. The van der Waals surface area contributed by atoms with Crippen LogP contribution in [0.4, 0.5) is 0 Å². The average molecular weight is 383 g/mol. The minimum atomic E-state index is -0.0453. The van der Waals surface area contributed by atoms with Crippen molar-refractivity contribution in [1.82, 2.24) is 10.2 Å². The molecule has 2 rings (SSSR count). The monoisotopic (exact) mass is 382 g/mol. The summed E-state index contributed by atoms with van der Waals surface area (Å²) in [4.78, 5) is 15.0. The molecule has 0 spiro atoms. The number of carbonyl (C=O) groups is 1. The lowest BCUT2D eigenvalue weighted by molar-refractivity contribution is 0.0946. The Morgan fingerprint density at radius 3 is 2.45 bits per heavy atom. The van der Waals surface area contributed by atoms with Crippen LogP contribution < -0.4 is 10.1 Å². The first-order valence-corrected chi connectivity index (χ1v) is 8.46. The maximum atomic E-state index is 12.2. The lowest BCUT2D eigenvalue weighted by atomic mass is 10.1. The van der Waals surface area contributed by atoms with Crippen molar-refractivity contribution in [1.29, 1.82) is 0 Å². The number of rotatable bonds is 6. The Hall–Kier alpha value is -1.37. The Morgan fingerprint density at radius 2 is 1.95 bits per heavy atom. The maximum absolute atomic E-state index is 12.2. The minimum Gasteiger partial charge on any atom is -0.497 e. The number of hydrogen-bond acceptors (Lipinski definition) is 4. The Kier molecular flexibility index (Phi) is 5.99. The molecule has 1 N–H and O–H groups in total. The third-order valence-electron chi connectivity index (χ3n) is 3.38. The summed E-state index contributed by atoms with van der Waals surface area (Å²) in [5.41, 5.74) is 1.14. The van der Waals surface area contributed by atoms with Crippen LogP contribution in [0.1, 0.15) is 21.3 Å². The van der Waals surface area contributed by atoms with E-state index in [1.807, 2.05) is 50.5 Å². The molecule has 0 aliphatic heterocycles. The van der Waals surface area contributed by atoms with E-state index >= 15 is 0 Å². The zero-order valence-electron chi connectivity index (χ0n) is 12.8. The molecule has 1 aromatic carbocycles. The molecule has 6 heteroatoms. The summed E-state index contributed by atoms with van der Waals surface area (Å²) in [5.74, 6) is 0.782. The van der Waals surface area contributed by atoms with Gasteiger partial charge >= 0.3 is 0 Å². The second kappa shape index (κ2) is 7.76. The van der Waals surface area contributed by atoms with Crippen LogP contribution in [0.15, 0.2) is 40.2 Å². The van der Waals surface area contributed by atoms with Crippen LogP contribution in [0.2, 0.25) is 0 Å². The summed E-state index contributed by atoms with van der Waals surface area (Å²) >= 11 is 4.80. The van der Waals surface area contributed by atoms with E-state index in [1.54, 1.807) is 7.11 Å². The van der Waals surface area contributed by atoms with Gasteiger partial charge in [-0.1, -0.05) is 12.1 Å². The number of likely N-dealkylation sites (N-methyl/N-ethyl adjacent to an activating group) is 1. The molecule has 118 valence electrons. The lowest BCUT2D eigenvalue weighted by Gasteiger charge is -2.25. The fourth-order valence-corrected chi connectivity index (χ4v) is 3.44. The number of ether oxygens (including phenoxy) is 1. The number of amides is 1. The third kappa shape index (κ3) is 4.32. The summed E-state index contributed by atoms with van der Waals surface area (Å²) in [6.07, 6.45) is 0. The molecule has 1 atom stereocenters. The number of carbonyl (C=O) groups excluding carboxylic acids is 1. The van der Waals surface area contributed by atoms with Gasteiger partial charge in [-0.2, -0.15) is 0 Å². The van der Waals surface area contributed by atoms with E-state index in [0.29, 0.717) is 11.4 Å². The van der Waals surface area contributed by atoms with Gasteiger partial charge in [-0.15, -0.1) is 11.3 Å². The quantitative estimate of drug-likeness (QED) is 0.830. The van der Waals surface area contributed by atoms with Crippen LogP contribution in [0.25, 0.3) is 0 Å². The van der Waals surface area contributed by atoms with Gasteiger partial charge in [0.2, 0.25) is 0 Å². The van der Waals surface area contributed by atoms with E-state index in [1.165, 1.54) is 11.3 Å². The highest BCUT2D eigenvalue weighted by Crippen LogP contribution is 2.23. The maximum Gasteiger partial charge on any atom is 0.261 e. The first kappa shape index (κ1) is 17.0. The van der Waals surface area contributed by atoms with Crippen LogP contribution in [0, 0.1) is 0 Å². The summed E-state index contributed by atoms with van der Waals surface area (Å²) < 4.78 is 6.14. The van der Waals surface area contributed by atoms with Gasteiger partial charge in [0.25, 0.3) is 5.91 Å². The van der Waals surface area contributed by atoms with Gasteiger partial charge in [-0.05, 0) is 59.9 Å². The first-order chi connectivity index (χ1) is 10.5. The molecule has 0 saturated heterocycles. The molecule has 1 aromatic heterocycles. The van der Waals surface area contributed by atoms with Gasteiger partial charge in [0.15, 0.2) is 0 Å². The largest absolute Gasteiger partial charge is 0.497 e. The van der Waals surface area contributed by atoms with Crippen molar-refractivity contribution in [3.63, 3.8) is 0 Å². The van der Waals surface area contributed by atoms with Crippen molar-refractivity contribution in [3.05, 3.63) is 50.6 Å². The molecule has 4 nitrogen and oxygen atoms in total. The Labute approximate surface area is 143 Å². The van der Waals surface area contributed by atoms with Crippen LogP contribution in [-0.2, 0) is 0 Å². The van der Waals surface area contributed by atoms with Crippen molar-refractivity contribution >= 4 is 33.2 Å². The van der Waals surface area contributed by atoms with Crippen molar-refractivity contribution < 1.29 is 9.53 Å². The molecular formula is C16H19BrN2O2S. The van der Waals surface area contributed by atoms with E-state index in [4.69, 9.17) is 4.74 Å². The molecule has 0 radical (unpaired) electrons. The molecule has 0 fully saturated rings. The highest BCUT2D eigenvalue weighted by molar-refractivity contribution is 9.11. The summed E-state index contributed by atoms with van der Waals surface area (Å²) in [6.45, 7) is 0.549. The summed E-state index contributed by atoms with van der Waals surface area (Å²) in [5, 5.41) is 3.00. The number of benzene rings is 1. The van der Waals surface area contributed by atoms with E-state index < -0.39 is 0 Å². The van der Waals surface area contributed by atoms with Crippen LogP contribution >= 0.6 is 27.3 Å². The van der Waals surface area contributed by atoms with Crippen molar-refractivity contribution in [2.24, 2.45) is 0 Å². The van der Waals surface area contributed by atoms with E-state index in [-0.39, 0.29) is 11.9 Å². The lowest BCUT2D eigenvalue weighted by Crippen LogP contribution is -2.34. The molecule has 0 aliphatic carbocycles. The smallest absolute Gasteiger partial charge is 0.261 e. The summed E-state index contributed by atoms with van der Waals surface area (Å²) in [7, 11) is 5.66. The van der Waals surface area contributed by atoms with Crippen molar-refractivity contribution in [3.8, 4) is 5.75 Å². The molecule has 1 heterocycles. The van der Waals surface area contributed by atoms with E-state index in [2.05, 4.69) is 26.1 Å². The molecule has 0 saturated carbocycles. The standard InChI is InChI=1S/C16H19BrN2O2S/c1-19(2)13(11-4-6-12(21-3)7-5-11)10-18-16(20)14-8-9-15(17)22-14/h4-9,13H,10H2,1-3H3,(H,18,20). The number of methoxy groups -OCH3 is 1. The van der Waals surface area contributed by atoms with Crippen molar-refractivity contribution in [2.75, 3.05) is 27.7 Å². The summed E-state index contributed by atoms with van der Waals surface area (Å²) in [6, 6.07) is 11.7. The van der Waals surface area contributed by atoms with Crippen LogP contribution in [0.5, 0.6) is 5.75 Å². The van der Waals surface area contributed by atoms with Gasteiger partial charge in [-0.3, -0.25) is 4.79 Å². The van der Waals surface area contributed by atoms with Gasteiger partial charge in [0, 0.05) is 6.54 Å². The molecule has 2 aromatic rings. The van der Waals surface area contributed by atoms with Crippen LogP contribution in [0.3, 0.4) is 0 Å². The number of nitrogens with zero attached hydrogens (tertiary/aromatic N) is 1. The third-order valence-corrected chi connectivity index (χ3v) is 5.00. The second-order valence-corrected chi connectivity index (χ2v) is 7.53. The predicted molar refractivity (Wildman–Crippen MR) is 93.8 cm³/mol. The molecule has 22 heavy (non-hydrogen) atoms. The van der Waals surface area contributed by atoms with E-state index in [9.17, 15) is 4.79 Å². The normalized spacial score (nSPS) is 12.2. The Balaban J connectivity index is 2.03. The topological polar surface area (TPSA) is 41.6 Å². The molecule has 0 bridgehead atoms. The average Bonchev–Trinajstić information content (AvgIpc) is 2.94. The van der Waals surface area contributed by atoms with Gasteiger partial charge in [0.1, 0.15) is 5.75 Å². The number of hydrogen-bond donors (Lipinski definition) is 1. The van der Waals surface area contributed by atoms with E-state index in [0.717, 1.165) is 15.1 Å². The second-order valence-electron chi connectivity index (χ2n) is 5.07. The minimum absolute atomic E-state index is 0.0453. The Morgan fingerprint density at radius 1 is 1.27 bits per heavy atom.